The van der Waals surface area contributed by atoms with Crippen molar-refractivity contribution >= 4 is 21.6 Å². The van der Waals surface area contributed by atoms with Gasteiger partial charge in [0.1, 0.15) is 18.1 Å². The van der Waals surface area contributed by atoms with Gasteiger partial charge in [0.25, 0.3) is 15.9 Å². The molecule has 24 heavy (non-hydrogen) atoms. The van der Waals surface area contributed by atoms with E-state index in [0.29, 0.717) is 24.6 Å². The van der Waals surface area contributed by atoms with Crippen LogP contribution in [0, 0.1) is 6.92 Å². The lowest BCUT2D eigenvalue weighted by Gasteiger charge is -2.07. The minimum atomic E-state index is -3.74. The highest BCUT2D eigenvalue weighted by atomic mass is 32.2. The third kappa shape index (κ3) is 4.13. The minimum Gasteiger partial charge on any atom is -0.492 e. The molecule has 0 saturated carbocycles. The molecular formula is C15H19N3O5S. The van der Waals surface area contributed by atoms with E-state index < -0.39 is 15.9 Å². The maximum absolute atomic E-state index is 12.3. The molecule has 0 aliphatic rings. The summed E-state index contributed by atoms with van der Waals surface area (Å²) in [4.78, 5) is 12.3. The van der Waals surface area contributed by atoms with Crippen molar-refractivity contribution < 1.29 is 22.4 Å². The van der Waals surface area contributed by atoms with E-state index >= 15 is 0 Å². The molecule has 0 aliphatic carbocycles. The van der Waals surface area contributed by atoms with Crippen molar-refractivity contribution in [3.8, 4) is 5.75 Å². The second kappa shape index (κ2) is 7.47. The van der Waals surface area contributed by atoms with Gasteiger partial charge < -0.3 is 20.2 Å². The first-order chi connectivity index (χ1) is 11.4. The van der Waals surface area contributed by atoms with Gasteiger partial charge in [-0.15, -0.1) is 0 Å². The highest BCUT2D eigenvalue weighted by molar-refractivity contribution is 7.89. The van der Waals surface area contributed by atoms with Crippen LogP contribution in [0.25, 0.3) is 0 Å². The van der Waals surface area contributed by atoms with Gasteiger partial charge in [0.2, 0.25) is 5.09 Å². The van der Waals surface area contributed by atoms with E-state index in [0.717, 1.165) is 0 Å². The molecule has 1 aromatic heterocycles. The fourth-order valence-electron chi connectivity index (χ4n) is 1.92. The van der Waals surface area contributed by atoms with Gasteiger partial charge in [-0.3, -0.25) is 4.79 Å². The predicted octanol–water partition coefficient (Wildman–Crippen LogP) is 1.09. The topological polar surface area (TPSA) is 124 Å². The largest absolute Gasteiger partial charge is 0.492 e. The number of hydrogen-bond acceptors (Lipinski definition) is 6. The number of nitrogens with two attached hydrogens (primary N) is 1. The van der Waals surface area contributed by atoms with E-state index in [1.165, 1.54) is 20.0 Å². The number of anilines is 1. The molecule has 0 fully saturated rings. The third-order valence-electron chi connectivity index (χ3n) is 3.17. The fraction of sp³-hybridized carbons (Fsp3) is 0.267. The molecule has 4 N–H and O–H groups in total. The summed E-state index contributed by atoms with van der Waals surface area (Å²) in [5.74, 6) is 0.383. The molecule has 0 radical (unpaired) electrons. The molecule has 2 aromatic rings. The maximum Gasteiger partial charge on any atom is 0.273 e. The molecular weight excluding hydrogens is 334 g/mol. The maximum atomic E-state index is 12.3. The molecule has 0 bridgehead atoms. The Morgan fingerprint density at radius 3 is 2.54 bits per heavy atom. The molecule has 1 aromatic carbocycles. The summed E-state index contributed by atoms with van der Waals surface area (Å²) in [5, 5.41) is 2.36. The van der Waals surface area contributed by atoms with E-state index in [-0.39, 0.29) is 16.4 Å². The molecule has 0 spiro atoms. The first kappa shape index (κ1) is 18.0. The summed E-state index contributed by atoms with van der Waals surface area (Å²) in [6, 6.07) is 7.93. The second-order valence-corrected chi connectivity index (χ2v) is 6.68. The number of sulfonamides is 1. The molecule has 8 nitrogen and oxygen atoms in total. The Morgan fingerprint density at radius 1 is 1.29 bits per heavy atom. The predicted molar refractivity (Wildman–Crippen MR) is 88.6 cm³/mol. The lowest BCUT2D eigenvalue weighted by molar-refractivity contribution is 0.102. The zero-order chi connectivity index (χ0) is 17.7. The monoisotopic (exact) mass is 353 g/mol. The highest BCUT2D eigenvalue weighted by Crippen LogP contribution is 2.21. The Bertz CT molecular complexity index is 812. The zero-order valence-corrected chi connectivity index (χ0v) is 14.1. The van der Waals surface area contributed by atoms with Crippen LogP contribution in [0.5, 0.6) is 5.75 Å². The van der Waals surface area contributed by atoms with Crippen molar-refractivity contribution in [2.45, 2.75) is 12.0 Å². The lowest BCUT2D eigenvalue weighted by atomic mass is 10.2. The van der Waals surface area contributed by atoms with E-state index in [2.05, 4.69) is 10.0 Å². The van der Waals surface area contributed by atoms with Gasteiger partial charge in [-0.25, -0.2) is 13.1 Å². The summed E-state index contributed by atoms with van der Waals surface area (Å²) >= 11 is 0. The quantitative estimate of drug-likeness (QED) is 0.684. The second-order valence-electron chi connectivity index (χ2n) is 4.86. The van der Waals surface area contributed by atoms with Gasteiger partial charge in [0, 0.05) is 18.3 Å². The van der Waals surface area contributed by atoms with Crippen molar-refractivity contribution in [3.05, 3.63) is 41.7 Å². The van der Waals surface area contributed by atoms with Gasteiger partial charge in [-0.2, -0.15) is 0 Å². The average Bonchev–Trinajstić information content (AvgIpc) is 2.97. The molecule has 130 valence electrons. The average molecular weight is 353 g/mol. The van der Waals surface area contributed by atoms with Gasteiger partial charge in [-0.1, -0.05) is 0 Å². The summed E-state index contributed by atoms with van der Waals surface area (Å²) in [6.45, 7) is 2.34. The molecule has 0 unspecified atom stereocenters. The van der Waals surface area contributed by atoms with Crippen LogP contribution in [-0.4, -0.2) is 34.5 Å². The van der Waals surface area contributed by atoms with Crippen LogP contribution in [0.1, 0.15) is 16.1 Å². The molecule has 1 heterocycles. The number of aryl methyl sites for hydroxylation is 1. The Kier molecular flexibility index (Phi) is 5.60. The van der Waals surface area contributed by atoms with Crippen molar-refractivity contribution in [2.75, 3.05) is 25.5 Å². The number of ether oxygens (including phenoxy) is 1. The summed E-state index contributed by atoms with van der Waals surface area (Å²) in [7, 11) is -2.48. The Labute approximate surface area is 140 Å². The van der Waals surface area contributed by atoms with Crippen molar-refractivity contribution in [1.29, 1.82) is 0 Å². The first-order valence-corrected chi connectivity index (χ1v) is 8.64. The van der Waals surface area contributed by atoms with E-state index in [1.54, 1.807) is 24.3 Å². The number of benzene rings is 1. The van der Waals surface area contributed by atoms with E-state index in [9.17, 15) is 13.2 Å². The molecule has 1 amide bonds. The van der Waals surface area contributed by atoms with Crippen LogP contribution in [0.4, 0.5) is 5.69 Å². The summed E-state index contributed by atoms with van der Waals surface area (Å²) in [6.07, 6.45) is 0. The first-order valence-electron chi connectivity index (χ1n) is 7.15. The molecule has 0 aliphatic heterocycles. The number of rotatable bonds is 7. The summed E-state index contributed by atoms with van der Waals surface area (Å²) < 4.78 is 36.1. The third-order valence-corrected chi connectivity index (χ3v) is 4.44. The number of hydrogen-bond donors (Lipinski definition) is 3. The Hall–Kier alpha value is -2.36. The number of furan rings is 1. The van der Waals surface area contributed by atoms with Crippen LogP contribution in [0.3, 0.4) is 0 Å². The molecule has 2 rings (SSSR count). The van der Waals surface area contributed by atoms with Crippen molar-refractivity contribution in [3.63, 3.8) is 0 Å². The van der Waals surface area contributed by atoms with E-state index in [4.69, 9.17) is 14.9 Å². The van der Waals surface area contributed by atoms with Crippen molar-refractivity contribution in [2.24, 2.45) is 5.73 Å². The summed E-state index contributed by atoms with van der Waals surface area (Å²) in [5.41, 5.74) is 6.04. The SMILES string of the molecule is CNS(=O)(=O)c1cc(C(=O)Nc2ccc(OCCN)cc2)c(C)o1. The highest BCUT2D eigenvalue weighted by Gasteiger charge is 2.22. The lowest BCUT2D eigenvalue weighted by Crippen LogP contribution is -2.18. The van der Waals surface area contributed by atoms with Crippen molar-refractivity contribution in [1.82, 2.24) is 4.72 Å². The van der Waals surface area contributed by atoms with Gasteiger partial charge >= 0.3 is 0 Å². The van der Waals surface area contributed by atoms with Gasteiger partial charge in [0.15, 0.2) is 0 Å². The van der Waals surface area contributed by atoms with Crippen LogP contribution in [0.15, 0.2) is 39.8 Å². The van der Waals surface area contributed by atoms with Crippen LogP contribution in [-0.2, 0) is 10.0 Å². The number of carbonyl (C=O) groups excluding carboxylic acids is 1. The zero-order valence-electron chi connectivity index (χ0n) is 13.3. The molecule has 9 heteroatoms. The Balaban J connectivity index is 2.13. The number of nitrogens with one attached hydrogen (secondary N) is 2. The van der Waals surface area contributed by atoms with Crippen LogP contribution < -0.4 is 20.5 Å². The molecule has 0 atom stereocenters. The molecule has 0 saturated heterocycles. The van der Waals surface area contributed by atoms with E-state index in [1.807, 2.05) is 0 Å². The van der Waals surface area contributed by atoms with Crippen LogP contribution in [0.2, 0.25) is 0 Å². The van der Waals surface area contributed by atoms with Gasteiger partial charge in [0.05, 0.1) is 5.56 Å². The number of amides is 1. The van der Waals surface area contributed by atoms with Gasteiger partial charge in [-0.05, 0) is 38.2 Å². The number of carbonyl (C=O) groups is 1. The fourth-order valence-corrected chi connectivity index (χ4v) is 2.63. The standard InChI is InChI=1S/C15H19N3O5S/c1-10-13(9-14(23-10)24(20,21)17-2)15(19)18-11-3-5-12(6-4-11)22-8-7-16/h3-6,9,17H,7-8,16H2,1-2H3,(H,18,19). The smallest absolute Gasteiger partial charge is 0.273 e. The van der Waals surface area contributed by atoms with Crippen LogP contribution >= 0.6 is 0 Å². The normalized spacial score (nSPS) is 11.3. The Morgan fingerprint density at radius 2 is 1.96 bits per heavy atom. The minimum absolute atomic E-state index is 0.146.